The van der Waals surface area contributed by atoms with Gasteiger partial charge in [0.2, 0.25) is 0 Å². The van der Waals surface area contributed by atoms with Crippen molar-refractivity contribution in [1.29, 1.82) is 0 Å². The van der Waals surface area contributed by atoms with Gasteiger partial charge in [0.25, 0.3) is 0 Å². The van der Waals surface area contributed by atoms with Crippen LogP contribution in [0.25, 0.3) is 0 Å². The molecule has 66 valence electrons. The molecule has 0 aliphatic rings. The molecule has 0 saturated carbocycles. The molecule has 1 unspecified atom stereocenters. The lowest BCUT2D eigenvalue weighted by atomic mass is 10.3. The molecule has 0 aromatic carbocycles. The average Bonchev–Trinajstić information content (AvgIpc) is 2.00. The average molecular weight is 158 g/mol. The Morgan fingerprint density at radius 1 is 1.55 bits per heavy atom. The van der Waals surface area contributed by atoms with Gasteiger partial charge in [-0.2, -0.15) is 0 Å². The van der Waals surface area contributed by atoms with Gasteiger partial charge in [0.1, 0.15) is 0 Å². The molecule has 3 heteroatoms. The van der Waals surface area contributed by atoms with Crippen molar-refractivity contribution in [3.63, 3.8) is 0 Å². The Hall–Kier alpha value is -0.570. The van der Waals surface area contributed by atoms with Gasteiger partial charge in [-0.15, -0.1) is 0 Å². The van der Waals surface area contributed by atoms with E-state index in [4.69, 9.17) is 10.5 Å². The van der Waals surface area contributed by atoms with Crippen LogP contribution < -0.4 is 5.73 Å². The van der Waals surface area contributed by atoms with E-state index in [0.717, 1.165) is 13.0 Å². The molecule has 0 radical (unpaired) electrons. The lowest BCUT2D eigenvalue weighted by molar-refractivity contribution is 0.137. The summed E-state index contributed by atoms with van der Waals surface area (Å²) in [6.45, 7) is 7.37. The predicted molar refractivity (Wildman–Crippen MR) is 47.9 cm³/mol. The molecule has 0 aliphatic heterocycles. The maximum atomic E-state index is 5.54. The Bertz CT molecular complexity index is 123. The number of amidine groups is 1. The highest BCUT2D eigenvalue weighted by Crippen LogP contribution is 1.91. The Morgan fingerprint density at radius 2 is 2.18 bits per heavy atom. The fourth-order valence-electron chi connectivity index (χ4n) is 0.700. The van der Waals surface area contributed by atoms with Crippen molar-refractivity contribution in [2.45, 2.75) is 33.2 Å². The maximum absolute atomic E-state index is 5.54. The second-order valence-corrected chi connectivity index (χ2v) is 2.48. The summed E-state index contributed by atoms with van der Waals surface area (Å²) in [6.07, 6.45) is 0.816. The van der Waals surface area contributed by atoms with Crippen LogP contribution in [-0.4, -0.2) is 25.1 Å². The lowest BCUT2D eigenvalue weighted by Crippen LogP contribution is -2.17. The van der Waals surface area contributed by atoms with Gasteiger partial charge < -0.3 is 10.5 Å². The van der Waals surface area contributed by atoms with Gasteiger partial charge in [0.15, 0.2) is 0 Å². The van der Waals surface area contributed by atoms with Gasteiger partial charge in [-0.05, 0) is 13.8 Å². The fourth-order valence-corrected chi connectivity index (χ4v) is 0.700. The molecule has 11 heavy (non-hydrogen) atoms. The number of ether oxygens (including phenoxy) is 1. The molecule has 1 atom stereocenters. The summed E-state index contributed by atoms with van der Waals surface area (Å²) in [5.74, 6) is 0.706. The van der Waals surface area contributed by atoms with Gasteiger partial charge >= 0.3 is 0 Å². The van der Waals surface area contributed by atoms with Gasteiger partial charge in [0, 0.05) is 13.0 Å². The Morgan fingerprint density at radius 3 is 2.64 bits per heavy atom. The first-order chi connectivity index (χ1) is 5.20. The Balaban J connectivity index is 3.57. The zero-order chi connectivity index (χ0) is 8.69. The summed E-state index contributed by atoms with van der Waals surface area (Å²) in [5.41, 5.74) is 5.54. The Labute approximate surface area is 68.6 Å². The van der Waals surface area contributed by atoms with Gasteiger partial charge in [0.05, 0.1) is 18.5 Å². The highest BCUT2D eigenvalue weighted by Gasteiger charge is 1.98. The molecule has 0 rings (SSSR count). The molecular formula is C8H18N2O. The molecule has 0 bridgehead atoms. The van der Waals surface area contributed by atoms with E-state index < -0.39 is 0 Å². The van der Waals surface area contributed by atoms with E-state index >= 15 is 0 Å². The summed E-state index contributed by atoms with van der Waals surface area (Å²) < 4.78 is 5.18. The molecule has 0 amide bonds. The van der Waals surface area contributed by atoms with Crippen LogP contribution in [-0.2, 0) is 4.74 Å². The number of nitrogens with two attached hydrogens (primary N) is 1. The molecule has 3 nitrogen and oxygen atoms in total. The number of nitrogens with zero attached hydrogens (tertiary/aromatic N) is 1. The van der Waals surface area contributed by atoms with Crippen LogP contribution >= 0.6 is 0 Å². The first kappa shape index (κ1) is 10.4. The molecule has 0 fully saturated rings. The minimum Gasteiger partial charge on any atom is -0.387 e. The molecule has 0 saturated heterocycles. The summed E-state index contributed by atoms with van der Waals surface area (Å²) >= 11 is 0. The van der Waals surface area contributed by atoms with E-state index in [0.29, 0.717) is 12.4 Å². The second kappa shape index (κ2) is 6.16. The highest BCUT2D eigenvalue weighted by molar-refractivity contribution is 5.80. The van der Waals surface area contributed by atoms with Crippen LogP contribution in [0, 0.1) is 0 Å². The largest absolute Gasteiger partial charge is 0.387 e. The van der Waals surface area contributed by atoms with Crippen molar-refractivity contribution < 1.29 is 4.74 Å². The number of hydrogen-bond donors (Lipinski definition) is 1. The van der Waals surface area contributed by atoms with E-state index in [-0.39, 0.29) is 6.04 Å². The van der Waals surface area contributed by atoms with Crippen LogP contribution in [0.5, 0.6) is 0 Å². The number of aliphatic imine (C=N–C) groups is 1. The van der Waals surface area contributed by atoms with E-state index in [1.165, 1.54) is 0 Å². The molecular weight excluding hydrogens is 140 g/mol. The molecule has 0 aliphatic carbocycles. The van der Waals surface area contributed by atoms with Gasteiger partial charge in [-0.25, -0.2) is 0 Å². The molecule has 0 spiro atoms. The van der Waals surface area contributed by atoms with E-state index in [2.05, 4.69) is 4.99 Å². The van der Waals surface area contributed by atoms with Crippen LogP contribution in [0.1, 0.15) is 27.2 Å². The van der Waals surface area contributed by atoms with Crippen LogP contribution in [0.4, 0.5) is 0 Å². The first-order valence-corrected chi connectivity index (χ1v) is 4.10. The molecule has 0 heterocycles. The van der Waals surface area contributed by atoms with E-state index in [1.54, 1.807) is 0 Å². The van der Waals surface area contributed by atoms with E-state index in [1.807, 2.05) is 20.8 Å². The third-order valence-electron chi connectivity index (χ3n) is 1.31. The monoisotopic (exact) mass is 158 g/mol. The lowest BCUT2D eigenvalue weighted by Gasteiger charge is -2.06. The van der Waals surface area contributed by atoms with Crippen LogP contribution in [0.2, 0.25) is 0 Å². The predicted octanol–water partition coefficient (Wildman–Crippen LogP) is 1.18. The number of rotatable bonds is 5. The normalized spacial score (nSPS) is 15.0. The molecule has 0 aromatic heterocycles. The Kier molecular flexibility index (Phi) is 5.84. The maximum Gasteiger partial charge on any atom is 0.0938 e. The van der Waals surface area contributed by atoms with Gasteiger partial charge in [-0.3, -0.25) is 4.99 Å². The molecule has 2 N–H and O–H groups in total. The highest BCUT2D eigenvalue weighted by atomic mass is 16.5. The summed E-state index contributed by atoms with van der Waals surface area (Å²) in [4.78, 5) is 4.20. The van der Waals surface area contributed by atoms with Crippen molar-refractivity contribution in [2.75, 3.05) is 13.2 Å². The summed E-state index contributed by atoms with van der Waals surface area (Å²) in [6, 6.07) is 0.190. The van der Waals surface area contributed by atoms with Crippen molar-refractivity contribution in [3.8, 4) is 0 Å². The zero-order valence-corrected chi connectivity index (χ0v) is 7.63. The third-order valence-corrected chi connectivity index (χ3v) is 1.31. The van der Waals surface area contributed by atoms with Crippen LogP contribution in [0.15, 0.2) is 4.99 Å². The third kappa shape index (κ3) is 5.85. The quantitative estimate of drug-likeness (QED) is 0.482. The first-order valence-electron chi connectivity index (χ1n) is 4.10. The van der Waals surface area contributed by atoms with Crippen LogP contribution in [0.3, 0.4) is 0 Å². The molecule has 0 aromatic rings. The number of hydrogen-bond acceptors (Lipinski definition) is 2. The van der Waals surface area contributed by atoms with E-state index in [9.17, 15) is 0 Å². The van der Waals surface area contributed by atoms with Gasteiger partial charge in [-0.1, -0.05) is 6.92 Å². The topological polar surface area (TPSA) is 47.6 Å². The smallest absolute Gasteiger partial charge is 0.0938 e. The summed E-state index contributed by atoms with van der Waals surface area (Å²) in [5, 5.41) is 0. The minimum absolute atomic E-state index is 0.190. The van der Waals surface area contributed by atoms with Crippen molar-refractivity contribution in [1.82, 2.24) is 0 Å². The SMILES string of the molecule is CCOCC(C)N=C(N)CC. The van der Waals surface area contributed by atoms with Crippen molar-refractivity contribution in [3.05, 3.63) is 0 Å². The van der Waals surface area contributed by atoms with Crippen molar-refractivity contribution in [2.24, 2.45) is 10.7 Å². The van der Waals surface area contributed by atoms with Crippen molar-refractivity contribution >= 4 is 5.84 Å². The standard InChI is InChI=1S/C8H18N2O/c1-4-8(9)10-7(3)6-11-5-2/h7H,4-6H2,1-3H3,(H2,9,10). The minimum atomic E-state index is 0.190. The zero-order valence-electron chi connectivity index (χ0n) is 7.63. The fraction of sp³-hybridized carbons (Fsp3) is 0.875. The second-order valence-electron chi connectivity index (χ2n) is 2.48. The summed E-state index contributed by atoms with van der Waals surface area (Å²) in [7, 11) is 0.